The molecule has 1 rings (SSSR count). The fraction of sp³-hybridized carbons (Fsp3) is 0.846. The summed E-state index contributed by atoms with van der Waals surface area (Å²) in [5.74, 6) is -2.60. The maximum absolute atomic E-state index is 11.8. The van der Waals surface area contributed by atoms with Crippen LogP contribution in [-0.2, 0) is 24.3 Å². The first kappa shape index (κ1) is 17.9. The van der Waals surface area contributed by atoms with E-state index in [4.69, 9.17) is 0 Å². The second kappa shape index (κ2) is 7.74. The topological polar surface area (TPSA) is 110 Å². The highest BCUT2D eigenvalue weighted by Crippen LogP contribution is 2.35. The lowest BCUT2D eigenvalue weighted by Crippen LogP contribution is -2.44. The van der Waals surface area contributed by atoms with E-state index >= 15 is 0 Å². The van der Waals surface area contributed by atoms with E-state index in [1.165, 1.54) is 0 Å². The summed E-state index contributed by atoms with van der Waals surface area (Å²) < 4.78 is 30.5. The van der Waals surface area contributed by atoms with Crippen molar-refractivity contribution >= 4 is 22.0 Å². The molecule has 1 aliphatic carbocycles. The predicted octanol–water partition coefficient (Wildman–Crippen LogP) is 0.894. The van der Waals surface area contributed by atoms with E-state index in [1.807, 2.05) is 0 Å². The van der Waals surface area contributed by atoms with E-state index in [-0.39, 0.29) is 13.2 Å². The van der Waals surface area contributed by atoms with Crippen molar-refractivity contribution in [2.75, 3.05) is 18.9 Å². The third kappa shape index (κ3) is 5.62. The summed E-state index contributed by atoms with van der Waals surface area (Å²) in [6.07, 6.45) is 4.36. The largest absolute Gasteiger partial charge is 0.481 e. The quantitative estimate of drug-likeness (QED) is 0.532. The molecule has 0 heterocycles. The van der Waals surface area contributed by atoms with Crippen molar-refractivity contribution in [2.24, 2.45) is 5.41 Å². The van der Waals surface area contributed by atoms with Crippen LogP contribution in [0.4, 0.5) is 0 Å². The SMILES string of the molecule is CCOC(=O)CS(=O)(=O)NCC1(C(=O)O)CCCCCC1. The van der Waals surface area contributed by atoms with Gasteiger partial charge in [0.2, 0.25) is 10.0 Å². The van der Waals surface area contributed by atoms with E-state index in [1.54, 1.807) is 6.92 Å². The Morgan fingerprint density at radius 2 is 1.76 bits per heavy atom. The first-order valence-electron chi connectivity index (χ1n) is 7.18. The number of carbonyl (C=O) groups excluding carboxylic acids is 1. The van der Waals surface area contributed by atoms with Crippen LogP contribution in [0.15, 0.2) is 0 Å². The molecular weight excluding hydrogens is 298 g/mol. The lowest BCUT2D eigenvalue weighted by Gasteiger charge is -2.28. The molecule has 0 atom stereocenters. The lowest BCUT2D eigenvalue weighted by molar-refractivity contribution is -0.149. The fourth-order valence-corrected chi connectivity index (χ4v) is 3.52. The Kier molecular flexibility index (Phi) is 6.60. The van der Waals surface area contributed by atoms with Gasteiger partial charge in [-0.2, -0.15) is 0 Å². The van der Waals surface area contributed by atoms with Crippen molar-refractivity contribution in [2.45, 2.75) is 45.4 Å². The molecule has 0 radical (unpaired) electrons. The molecule has 0 saturated heterocycles. The van der Waals surface area contributed by atoms with E-state index in [2.05, 4.69) is 9.46 Å². The van der Waals surface area contributed by atoms with Gasteiger partial charge in [0.1, 0.15) is 0 Å². The molecule has 1 saturated carbocycles. The first-order chi connectivity index (χ1) is 9.81. The molecule has 21 heavy (non-hydrogen) atoms. The van der Waals surface area contributed by atoms with E-state index in [0.29, 0.717) is 12.8 Å². The predicted molar refractivity (Wildman–Crippen MR) is 76.2 cm³/mol. The Labute approximate surface area is 125 Å². The minimum absolute atomic E-state index is 0.105. The van der Waals surface area contributed by atoms with Crippen molar-refractivity contribution in [1.29, 1.82) is 0 Å². The molecule has 0 bridgehead atoms. The third-order valence-electron chi connectivity index (χ3n) is 3.76. The third-order valence-corrected chi connectivity index (χ3v) is 4.96. The number of aliphatic carboxylic acids is 1. The van der Waals surface area contributed by atoms with Crippen LogP contribution in [0.25, 0.3) is 0 Å². The number of sulfonamides is 1. The van der Waals surface area contributed by atoms with Crippen molar-refractivity contribution in [3.05, 3.63) is 0 Å². The maximum Gasteiger partial charge on any atom is 0.322 e. The summed E-state index contributed by atoms with van der Waals surface area (Å²) >= 11 is 0. The smallest absolute Gasteiger partial charge is 0.322 e. The molecule has 0 amide bonds. The van der Waals surface area contributed by atoms with Gasteiger partial charge in [0.05, 0.1) is 12.0 Å². The van der Waals surface area contributed by atoms with Crippen LogP contribution in [0.3, 0.4) is 0 Å². The van der Waals surface area contributed by atoms with Crippen molar-refractivity contribution < 1.29 is 27.9 Å². The van der Waals surface area contributed by atoms with Gasteiger partial charge >= 0.3 is 11.9 Å². The molecule has 0 unspecified atom stereocenters. The molecule has 7 nitrogen and oxygen atoms in total. The number of rotatable bonds is 7. The molecule has 1 aliphatic rings. The van der Waals surface area contributed by atoms with E-state index in [0.717, 1.165) is 25.7 Å². The molecule has 1 fully saturated rings. The van der Waals surface area contributed by atoms with Gasteiger partial charge in [-0.25, -0.2) is 13.1 Å². The minimum Gasteiger partial charge on any atom is -0.481 e. The van der Waals surface area contributed by atoms with Gasteiger partial charge in [-0.3, -0.25) is 9.59 Å². The maximum atomic E-state index is 11.8. The van der Waals surface area contributed by atoms with Crippen LogP contribution in [0.1, 0.15) is 45.4 Å². The van der Waals surface area contributed by atoms with Crippen molar-refractivity contribution in [1.82, 2.24) is 4.72 Å². The molecule has 2 N–H and O–H groups in total. The number of carbonyl (C=O) groups is 2. The van der Waals surface area contributed by atoms with Crippen LogP contribution >= 0.6 is 0 Å². The molecular formula is C13H23NO6S. The number of esters is 1. The summed E-state index contributed by atoms with van der Waals surface area (Å²) in [6.45, 7) is 1.51. The van der Waals surface area contributed by atoms with Gasteiger partial charge in [-0.05, 0) is 19.8 Å². The van der Waals surface area contributed by atoms with Gasteiger partial charge < -0.3 is 9.84 Å². The van der Waals surface area contributed by atoms with E-state index in [9.17, 15) is 23.1 Å². The van der Waals surface area contributed by atoms with Gasteiger partial charge in [-0.15, -0.1) is 0 Å². The summed E-state index contributed by atoms with van der Waals surface area (Å²) in [5, 5.41) is 9.45. The van der Waals surface area contributed by atoms with Crippen LogP contribution < -0.4 is 4.72 Å². The number of hydrogen-bond donors (Lipinski definition) is 2. The lowest BCUT2D eigenvalue weighted by atomic mass is 9.80. The molecule has 122 valence electrons. The summed E-state index contributed by atoms with van der Waals surface area (Å²) in [6, 6.07) is 0. The fourth-order valence-electron chi connectivity index (χ4n) is 2.53. The summed E-state index contributed by atoms with van der Waals surface area (Å²) in [4.78, 5) is 22.8. The average molecular weight is 321 g/mol. The minimum atomic E-state index is -3.87. The number of ether oxygens (including phenoxy) is 1. The molecule has 0 aromatic rings. The summed E-state index contributed by atoms with van der Waals surface area (Å²) in [5.41, 5.74) is -1.07. The zero-order valence-electron chi connectivity index (χ0n) is 12.3. The molecule has 0 spiro atoms. The van der Waals surface area contributed by atoms with Crippen molar-refractivity contribution in [3.8, 4) is 0 Å². The van der Waals surface area contributed by atoms with Crippen LogP contribution in [0.2, 0.25) is 0 Å². The van der Waals surface area contributed by atoms with Crippen LogP contribution in [0.5, 0.6) is 0 Å². The van der Waals surface area contributed by atoms with E-state index < -0.39 is 33.1 Å². The number of carboxylic acid groups (broad SMARTS) is 1. The first-order valence-corrected chi connectivity index (χ1v) is 8.83. The monoisotopic (exact) mass is 321 g/mol. The Bertz CT molecular complexity index is 465. The standard InChI is InChI=1S/C13H23NO6S/c1-2-20-11(15)9-21(18,19)14-10-13(12(16)17)7-5-3-4-6-8-13/h14H,2-10H2,1H3,(H,16,17). The van der Waals surface area contributed by atoms with Gasteiger partial charge in [0.25, 0.3) is 0 Å². The highest BCUT2D eigenvalue weighted by molar-refractivity contribution is 7.90. The average Bonchev–Trinajstić information content (AvgIpc) is 2.62. The molecule has 8 heteroatoms. The Balaban J connectivity index is 2.68. The molecule has 0 aliphatic heterocycles. The second-order valence-corrected chi connectivity index (χ2v) is 7.19. The van der Waals surface area contributed by atoms with Gasteiger partial charge in [0.15, 0.2) is 5.75 Å². The highest BCUT2D eigenvalue weighted by atomic mass is 32.2. The highest BCUT2D eigenvalue weighted by Gasteiger charge is 2.39. The van der Waals surface area contributed by atoms with Crippen molar-refractivity contribution in [3.63, 3.8) is 0 Å². The number of carboxylic acids is 1. The zero-order valence-corrected chi connectivity index (χ0v) is 13.1. The zero-order chi connectivity index (χ0) is 15.9. The number of hydrogen-bond acceptors (Lipinski definition) is 5. The molecule has 0 aromatic heterocycles. The van der Waals surface area contributed by atoms with Crippen LogP contribution in [-0.4, -0.2) is 44.4 Å². The van der Waals surface area contributed by atoms with Crippen LogP contribution in [0, 0.1) is 5.41 Å². The summed E-state index contributed by atoms with van der Waals surface area (Å²) in [7, 11) is -3.87. The Morgan fingerprint density at radius 1 is 1.19 bits per heavy atom. The van der Waals surface area contributed by atoms with Gasteiger partial charge in [-0.1, -0.05) is 25.7 Å². The van der Waals surface area contributed by atoms with Gasteiger partial charge in [0, 0.05) is 6.54 Å². The molecule has 0 aromatic carbocycles. The normalized spacial score (nSPS) is 18.7. The Hall–Kier alpha value is -1.15. The number of nitrogens with one attached hydrogen (secondary N) is 1. The second-order valence-electron chi connectivity index (χ2n) is 5.38. The Morgan fingerprint density at radius 3 is 2.24 bits per heavy atom.